The zero-order chi connectivity index (χ0) is 50.7. The normalized spacial score (nSPS) is 13.4. The minimum Gasteiger partial charge on any atom is -0.509 e. The molecule has 0 atom stereocenters. The van der Waals surface area contributed by atoms with Gasteiger partial charge in [-0.1, -0.05) is 179 Å². The van der Waals surface area contributed by atoms with Crippen molar-refractivity contribution in [2.45, 2.75) is 73.1 Å². The van der Waals surface area contributed by atoms with Crippen LogP contribution in [0.5, 0.6) is 11.5 Å². The van der Waals surface area contributed by atoms with E-state index in [2.05, 4.69) is 205 Å². The molecule has 354 valence electrons. The number of para-hydroxylation sites is 2. The number of benzene rings is 8. The molecule has 3 aromatic heterocycles. The maximum Gasteiger partial charge on any atom is 0.135 e. The summed E-state index contributed by atoms with van der Waals surface area (Å²) in [7, 11) is 0. The van der Waals surface area contributed by atoms with E-state index < -0.39 is 6.85 Å². The van der Waals surface area contributed by atoms with Crippen molar-refractivity contribution in [3.8, 4) is 28.4 Å². The molecule has 8 aromatic carbocycles. The molecule has 1 aliphatic heterocycles. The monoisotopic (exact) mass is 1110 g/mol. The topological polar surface area (TPSA) is 35.2 Å². The first-order valence-electron chi connectivity index (χ1n) is 25.6. The van der Waals surface area contributed by atoms with Gasteiger partial charge in [-0.15, -0.1) is 35.7 Å². The summed E-state index contributed by atoms with van der Waals surface area (Å²) in [5, 5.41) is 9.04. The van der Waals surface area contributed by atoms with Gasteiger partial charge in [0.05, 0.1) is 0 Å². The molecular formula is C65H55N4OPt-3. The van der Waals surface area contributed by atoms with Crippen LogP contribution in [0.15, 0.2) is 164 Å². The third-order valence-corrected chi connectivity index (χ3v) is 14.1. The van der Waals surface area contributed by atoms with Gasteiger partial charge in [-0.2, -0.15) is 12.1 Å². The van der Waals surface area contributed by atoms with Crippen molar-refractivity contribution < 1.29 is 29.9 Å². The number of ether oxygens (including phenoxy) is 1. The van der Waals surface area contributed by atoms with E-state index in [4.69, 9.17) is 13.8 Å². The van der Waals surface area contributed by atoms with Gasteiger partial charge >= 0.3 is 0 Å². The zero-order valence-corrected chi connectivity index (χ0v) is 43.5. The standard InChI is InChI=1S/C65H55N4O.Pt/c1-40-23-30-51-49-18-10-11-19-50(49)53-21-14-22-59-63(53)68(62-41(2)15-12-20-54(62)55(51)33-40)39-67(59)46-16-13-17-47(36-46)70-48-29-31-52-56-35-45(65(7,8)9)28-32-58(56)69(60(52)37-48)61-34-42(3)57(38-66-61)43-24-26-44(27-25-43)64(4,5)6;/h10-35,38-39H,1-9H3;/q-3;/i3D3;. The summed E-state index contributed by atoms with van der Waals surface area (Å²) in [5.74, 6) is 1.49. The number of hydrogen-bond acceptors (Lipinski definition) is 3. The SMILES string of the molecule is [2H]C([2H])([2H])c1cc(-n2c3[c-]c(Oc4[c-]c(N5[CH-]n6c7c(C)cccc7c7cc(C)ccc7c7ccccc7c7cccc5c76)ccc4)ccc3c3cc(C(C)(C)C)ccc32)ncc1-c1ccc(C(C)(C)C)cc1.[Pt]. The molecule has 1 aliphatic rings. The van der Waals surface area contributed by atoms with Gasteiger partial charge in [0.15, 0.2) is 0 Å². The number of rotatable bonds is 5. The van der Waals surface area contributed by atoms with Crippen LogP contribution < -0.4 is 9.64 Å². The predicted molar refractivity (Wildman–Crippen MR) is 294 cm³/mol. The molecule has 0 bridgehead atoms. The van der Waals surface area contributed by atoms with Crippen LogP contribution in [0.1, 0.15) is 73.5 Å². The predicted octanol–water partition coefficient (Wildman–Crippen LogP) is 17.4. The van der Waals surface area contributed by atoms with Crippen molar-refractivity contribution in [1.82, 2.24) is 14.1 Å². The Balaban J connectivity index is 0.00000588. The Bertz CT molecular complexity index is 4140. The molecule has 0 fully saturated rings. The first kappa shape index (κ1) is 42.5. The fourth-order valence-corrected chi connectivity index (χ4v) is 10.4. The quantitative estimate of drug-likeness (QED) is 0.161. The van der Waals surface area contributed by atoms with E-state index in [-0.39, 0.29) is 37.5 Å². The second kappa shape index (κ2) is 17.2. The van der Waals surface area contributed by atoms with Crippen LogP contribution in [0.3, 0.4) is 0 Å². The summed E-state index contributed by atoms with van der Waals surface area (Å²) in [6, 6.07) is 62.3. The summed E-state index contributed by atoms with van der Waals surface area (Å²) in [6.45, 7) is 17.3. The van der Waals surface area contributed by atoms with Gasteiger partial charge in [-0.25, -0.2) is 4.98 Å². The molecule has 5 nitrogen and oxygen atoms in total. The molecule has 11 aromatic rings. The van der Waals surface area contributed by atoms with Gasteiger partial charge in [0, 0.05) is 59.6 Å². The molecule has 0 saturated carbocycles. The summed E-state index contributed by atoms with van der Waals surface area (Å²) in [6.07, 6.45) is 1.70. The second-order valence-corrected chi connectivity index (χ2v) is 20.9. The number of pyridine rings is 1. The summed E-state index contributed by atoms with van der Waals surface area (Å²) < 4.78 is 37.4. The molecule has 12 rings (SSSR count). The maximum atomic E-state index is 8.75. The van der Waals surface area contributed by atoms with E-state index in [1.54, 1.807) is 12.3 Å². The van der Waals surface area contributed by atoms with Crippen LogP contribution in [0.25, 0.3) is 82.1 Å². The fraction of sp³-hybridized carbons (Fsp3) is 0.169. The van der Waals surface area contributed by atoms with E-state index in [1.807, 2.05) is 34.9 Å². The molecule has 0 N–H and O–H groups in total. The van der Waals surface area contributed by atoms with Crippen molar-refractivity contribution in [2.75, 3.05) is 4.90 Å². The van der Waals surface area contributed by atoms with E-state index >= 15 is 0 Å². The first-order chi connectivity index (χ1) is 34.9. The van der Waals surface area contributed by atoms with Gasteiger partial charge in [-0.3, -0.25) is 0 Å². The van der Waals surface area contributed by atoms with Crippen molar-refractivity contribution >= 4 is 76.5 Å². The Labute approximate surface area is 435 Å². The van der Waals surface area contributed by atoms with Crippen molar-refractivity contribution in [3.05, 3.63) is 211 Å². The fourth-order valence-electron chi connectivity index (χ4n) is 10.4. The van der Waals surface area contributed by atoms with Gasteiger partial charge in [-0.05, 0) is 122 Å². The average Bonchev–Trinajstić information content (AvgIpc) is 3.93. The molecular weight excluding hydrogens is 1050 g/mol. The van der Waals surface area contributed by atoms with Crippen molar-refractivity contribution in [3.63, 3.8) is 0 Å². The molecule has 0 aliphatic carbocycles. The number of aromatic nitrogens is 3. The molecule has 0 spiro atoms. The van der Waals surface area contributed by atoms with Crippen molar-refractivity contribution in [1.29, 1.82) is 0 Å². The average molecular weight is 1110 g/mol. The Morgan fingerprint density at radius 1 is 0.563 bits per heavy atom. The van der Waals surface area contributed by atoms with Crippen LogP contribution in [-0.4, -0.2) is 14.1 Å². The van der Waals surface area contributed by atoms with Gasteiger partial charge in [0.1, 0.15) is 5.82 Å². The third kappa shape index (κ3) is 7.83. The summed E-state index contributed by atoms with van der Waals surface area (Å²) in [4.78, 5) is 7.23. The van der Waals surface area contributed by atoms with Crippen LogP contribution >= 0.6 is 0 Å². The number of fused-ring (bicyclic) bond motifs is 10. The molecule has 0 amide bonds. The Kier molecular flexibility index (Phi) is 10.3. The largest absolute Gasteiger partial charge is 0.509 e. The Hall–Kier alpha value is -7.33. The maximum absolute atomic E-state index is 8.75. The number of hydrogen-bond donors (Lipinski definition) is 0. The van der Waals surface area contributed by atoms with Crippen LogP contribution in [0.2, 0.25) is 0 Å². The number of nitrogens with zero attached hydrogens (tertiary/aromatic N) is 4. The second-order valence-electron chi connectivity index (χ2n) is 20.9. The van der Waals surface area contributed by atoms with Gasteiger partial charge in [0.2, 0.25) is 0 Å². The van der Waals surface area contributed by atoms with Crippen LogP contribution in [-0.2, 0) is 31.9 Å². The molecule has 6 heteroatoms. The molecule has 0 unspecified atom stereocenters. The van der Waals surface area contributed by atoms with E-state index in [0.717, 1.165) is 55.2 Å². The van der Waals surface area contributed by atoms with Gasteiger partial charge < -0.3 is 18.8 Å². The smallest absolute Gasteiger partial charge is 0.135 e. The van der Waals surface area contributed by atoms with E-state index in [0.29, 0.717) is 22.9 Å². The van der Waals surface area contributed by atoms with Crippen LogP contribution in [0, 0.1) is 39.5 Å². The molecule has 4 heterocycles. The van der Waals surface area contributed by atoms with E-state index in [9.17, 15) is 0 Å². The zero-order valence-electron chi connectivity index (χ0n) is 44.2. The minimum absolute atomic E-state index is 0. The van der Waals surface area contributed by atoms with E-state index in [1.165, 1.54) is 49.2 Å². The number of anilines is 2. The van der Waals surface area contributed by atoms with Crippen LogP contribution in [0.4, 0.5) is 11.4 Å². The molecule has 71 heavy (non-hydrogen) atoms. The third-order valence-electron chi connectivity index (χ3n) is 14.1. The Morgan fingerprint density at radius 3 is 1.99 bits per heavy atom. The van der Waals surface area contributed by atoms with Crippen molar-refractivity contribution in [2.24, 2.45) is 0 Å². The molecule has 0 radical (unpaired) electrons. The summed E-state index contributed by atoms with van der Waals surface area (Å²) >= 11 is 0. The molecule has 0 saturated heterocycles. The minimum atomic E-state index is -2.41. The Morgan fingerprint density at radius 2 is 1.23 bits per heavy atom. The summed E-state index contributed by atoms with van der Waals surface area (Å²) in [5.41, 5.74) is 11.9. The number of aryl methyl sites for hydroxylation is 3. The first-order valence-corrected chi connectivity index (χ1v) is 24.1. The van der Waals surface area contributed by atoms with Gasteiger partial charge in [0.25, 0.3) is 0 Å².